The van der Waals surface area contributed by atoms with Crippen molar-refractivity contribution in [1.82, 2.24) is 0 Å². The van der Waals surface area contributed by atoms with E-state index in [2.05, 4.69) is 0 Å². The topological polar surface area (TPSA) is 46.2 Å². The molecular formula is C7H12ClNO. The Morgan fingerprint density at radius 3 is 2.30 bits per heavy atom. The Hall–Kier alpha value is -0.470. The van der Waals surface area contributed by atoms with Crippen molar-refractivity contribution in [2.24, 2.45) is 5.73 Å². The Bertz CT molecular complexity index is 162. The lowest BCUT2D eigenvalue weighted by atomic mass is 10.2. The summed E-state index contributed by atoms with van der Waals surface area (Å²) in [6.07, 6.45) is 1.71. The third kappa shape index (κ3) is 2.42. The van der Waals surface area contributed by atoms with E-state index in [4.69, 9.17) is 22.4 Å². The molecule has 0 heterocycles. The van der Waals surface area contributed by atoms with Crippen molar-refractivity contribution in [3.8, 4) is 0 Å². The molecule has 3 heteroatoms. The first-order valence-corrected chi connectivity index (χ1v) is 3.39. The predicted octanol–water partition coefficient (Wildman–Crippen LogP) is 1.35. The number of nitrogens with two attached hydrogens (primary N) is 1. The number of allylic oxidation sites excluding steroid dienone is 2. The summed E-state index contributed by atoms with van der Waals surface area (Å²) in [6, 6.07) is 0. The summed E-state index contributed by atoms with van der Waals surface area (Å²) < 4.78 is 0. The van der Waals surface area contributed by atoms with Crippen molar-refractivity contribution in [2.75, 3.05) is 6.61 Å². The van der Waals surface area contributed by atoms with Gasteiger partial charge in [-0.15, -0.1) is 0 Å². The normalized spacial score (nSPS) is 15.0. The van der Waals surface area contributed by atoms with Crippen LogP contribution in [0.2, 0.25) is 0 Å². The Labute approximate surface area is 66.0 Å². The van der Waals surface area contributed by atoms with E-state index in [1.54, 1.807) is 19.9 Å². The number of hydrogen-bond donors (Lipinski definition) is 2. The van der Waals surface area contributed by atoms with Gasteiger partial charge in [0.2, 0.25) is 0 Å². The Kier molecular flexibility index (Phi) is 4.16. The molecule has 0 fully saturated rings. The Morgan fingerprint density at radius 1 is 1.70 bits per heavy atom. The van der Waals surface area contributed by atoms with Crippen LogP contribution in [0.1, 0.15) is 13.8 Å². The molecular weight excluding hydrogens is 150 g/mol. The summed E-state index contributed by atoms with van der Waals surface area (Å²) >= 11 is 5.62. The van der Waals surface area contributed by atoms with Crippen LogP contribution in [0, 0.1) is 0 Å². The summed E-state index contributed by atoms with van der Waals surface area (Å²) in [5.41, 5.74) is 6.63. The molecule has 0 aromatic heterocycles. The predicted molar refractivity (Wildman–Crippen MR) is 43.6 cm³/mol. The second-order valence-corrected chi connectivity index (χ2v) is 2.48. The summed E-state index contributed by atoms with van der Waals surface area (Å²) in [5.74, 6) is 0. The van der Waals surface area contributed by atoms with Crippen molar-refractivity contribution in [2.45, 2.75) is 13.8 Å². The monoisotopic (exact) mass is 161 g/mol. The van der Waals surface area contributed by atoms with E-state index in [0.29, 0.717) is 16.3 Å². The molecule has 0 aliphatic carbocycles. The van der Waals surface area contributed by atoms with Gasteiger partial charge in [-0.05, 0) is 13.8 Å². The van der Waals surface area contributed by atoms with Gasteiger partial charge >= 0.3 is 0 Å². The molecule has 0 unspecified atom stereocenters. The molecule has 0 aromatic carbocycles. The number of halogens is 1. The van der Waals surface area contributed by atoms with Gasteiger partial charge < -0.3 is 10.8 Å². The molecule has 2 nitrogen and oxygen atoms in total. The molecule has 0 bridgehead atoms. The average molecular weight is 162 g/mol. The Balaban J connectivity index is 4.54. The van der Waals surface area contributed by atoms with Crippen LogP contribution < -0.4 is 5.73 Å². The van der Waals surface area contributed by atoms with E-state index in [9.17, 15) is 0 Å². The van der Waals surface area contributed by atoms with Gasteiger partial charge in [-0.2, -0.15) is 0 Å². The van der Waals surface area contributed by atoms with Crippen molar-refractivity contribution in [3.63, 3.8) is 0 Å². The quantitative estimate of drug-likeness (QED) is 0.601. The first kappa shape index (κ1) is 9.53. The molecule has 0 amide bonds. The number of aliphatic hydroxyl groups excluding tert-OH is 1. The maximum Gasteiger partial charge on any atom is 0.0713 e. The molecule has 0 atom stereocenters. The number of aliphatic hydroxyl groups is 1. The summed E-state index contributed by atoms with van der Waals surface area (Å²) in [4.78, 5) is 0. The van der Waals surface area contributed by atoms with Gasteiger partial charge in [0.05, 0.1) is 6.61 Å². The van der Waals surface area contributed by atoms with Gasteiger partial charge in [0.1, 0.15) is 0 Å². The van der Waals surface area contributed by atoms with Crippen LogP contribution in [-0.2, 0) is 0 Å². The lowest BCUT2D eigenvalue weighted by molar-refractivity contribution is 0.332. The van der Waals surface area contributed by atoms with Gasteiger partial charge in [-0.1, -0.05) is 17.7 Å². The van der Waals surface area contributed by atoms with Crippen LogP contribution in [-0.4, -0.2) is 11.7 Å². The summed E-state index contributed by atoms with van der Waals surface area (Å²) in [5, 5.41) is 9.27. The van der Waals surface area contributed by atoms with Crippen molar-refractivity contribution >= 4 is 11.6 Å². The van der Waals surface area contributed by atoms with Crippen LogP contribution in [0.4, 0.5) is 0 Å². The van der Waals surface area contributed by atoms with E-state index in [1.165, 1.54) is 0 Å². The number of hydrogen-bond acceptors (Lipinski definition) is 2. The first-order valence-electron chi connectivity index (χ1n) is 3.01. The summed E-state index contributed by atoms with van der Waals surface area (Å²) in [7, 11) is 0. The average Bonchev–Trinajstić information content (AvgIpc) is 1.88. The van der Waals surface area contributed by atoms with Crippen LogP contribution in [0.15, 0.2) is 22.4 Å². The standard InChI is InChI=1S/C7H12ClNO/c1-3-7(9)6(4-10)5(2)8/h3,10H,4,9H2,1-2H3/b6-5+,7-3-. The minimum absolute atomic E-state index is 0.106. The smallest absolute Gasteiger partial charge is 0.0713 e. The molecule has 0 radical (unpaired) electrons. The minimum atomic E-state index is -0.106. The second kappa shape index (κ2) is 4.36. The molecule has 0 saturated heterocycles. The van der Waals surface area contributed by atoms with Crippen LogP contribution in [0.5, 0.6) is 0 Å². The van der Waals surface area contributed by atoms with Crippen molar-refractivity contribution in [3.05, 3.63) is 22.4 Å². The molecule has 58 valence electrons. The zero-order valence-electron chi connectivity index (χ0n) is 6.19. The highest BCUT2D eigenvalue weighted by Crippen LogP contribution is 2.12. The lowest BCUT2D eigenvalue weighted by Crippen LogP contribution is -2.05. The highest BCUT2D eigenvalue weighted by molar-refractivity contribution is 6.29. The zero-order chi connectivity index (χ0) is 8.15. The van der Waals surface area contributed by atoms with Crippen LogP contribution in [0.3, 0.4) is 0 Å². The molecule has 0 aliphatic heterocycles. The largest absolute Gasteiger partial charge is 0.399 e. The third-order valence-corrected chi connectivity index (χ3v) is 1.46. The highest BCUT2D eigenvalue weighted by atomic mass is 35.5. The molecule has 0 saturated carbocycles. The van der Waals surface area contributed by atoms with E-state index in [0.717, 1.165) is 0 Å². The second-order valence-electron chi connectivity index (χ2n) is 1.91. The van der Waals surface area contributed by atoms with Gasteiger partial charge in [0.15, 0.2) is 0 Å². The maximum absolute atomic E-state index is 8.73. The minimum Gasteiger partial charge on any atom is -0.399 e. The lowest BCUT2D eigenvalue weighted by Gasteiger charge is -2.03. The van der Waals surface area contributed by atoms with Crippen molar-refractivity contribution in [1.29, 1.82) is 0 Å². The molecule has 0 aliphatic rings. The highest BCUT2D eigenvalue weighted by Gasteiger charge is 2.00. The van der Waals surface area contributed by atoms with Gasteiger partial charge in [-0.25, -0.2) is 0 Å². The molecule has 0 spiro atoms. The third-order valence-electron chi connectivity index (χ3n) is 1.23. The van der Waals surface area contributed by atoms with Crippen molar-refractivity contribution < 1.29 is 5.11 Å². The summed E-state index contributed by atoms with van der Waals surface area (Å²) in [6.45, 7) is 3.39. The van der Waals surface area contributed by atoms with E-state index < -0.39 is 0 Å². The fourth-order valence-corrected chi connectivity index (χ4v) is 0.742. The zero-order valence-corrected chi connectivity index (χ0v) is 6.94. The fourth-order valence-electron chi connectivity index (χ4n) is 0.573. The van der Waals surface area contributed by atoms with Crippen LogP contribution >= 0.6 is 11.6 Å². The maximum atomic E-state index is 8.73. The van der Waals surface area contributed by atoms with Gasteiger partial charge in [-0.3, -0.25) is 0 Å². The molecule has 3 N–H and O–H groups in total. The molecule has 10 heavy (non-hydrogen) atoms. The number of rotatable bonds is 2. The van der Waals surface area contributed by atoms with E-state index in [-0.39, 0.29) is 6.61 Å². The SMILES string of the molecule is C/C=C(N)/C(CO)=C(\C)Cl. The fraction of sp³-hybridized carbons (Fsp3) is 0.429. The van der Waals surface area contributed by atoms with Gasteiger partial charge in [0, 0.05) is 16.3 Å². The molecule has 0 rings (SSSR count). The Morgan fingerprint density at radius 2 is 2.20 bits per heavy atom. The van der Waals surface area contributed by atoms with Gasteiger partial charge in [0.25, 0.3) is 0 Å². The molecule has 0 aromatic rings. The van der Waals surface area contributed by atoms with E-state index in [1.807, 2.05) is 0 Å². The first-order chi connectivity index (χ1) is 4.63. The van der Waals surface area contributed by atoms with E-state index >= 15 is 0 Å². The van der Waals surface area contributed by atoms with Crippen LogP contribution in [0.25, 0.3) is 0 Å².